The van der Waals surface area contributed by atoms with Crippen molar-refractivity contribution < 1.29 is 4.74 Å². The van der Waals surface area contributed by atoms with Gasteiger partial charge < -0.3 is 4.74 Å². The topological polar surface area (TPSA) is 9.23 Å². The second-order valence-electron chi connectivity index (χ2n) is 9.01. The summed E-state index contributed by atoms with van der Waals surface area (Å²) in [7, 11) is 0. The maximum absolute atomic E-state index is 6.39. The Morgan fingerprint density at radius 1 is 0.531 bits per heavy atom. The average Bonchev–Trinajstić information content (AvgIpc) is 2.83. The number of ether oxygens (including phenoxy) is 1. The third-order valence-corrected chi connectivity index (χ3v) is 6.75. The van der Waals surface area contributed by atoms with Gasteiger partial charge in [0.2, 0.25) is 0 Å². The van der Waals surface area contributed by atoms with Crippen LogP contribution in [-0.2, 0) is 5.41 Å². The third-order valence-electron chi connectivity index (χ3n) is 6.75. The molecule has 0 aliphatic carbocycles. The van der Waals surface area contributed by atoms with Crippen LogP contribution in [0.3, 0.4) is 0 Å². The Balaban J connectivity index is 1.52. The van der Waals surface area contributed by atoms with E-state index in [1.165, 1.54) is 44.2 Å². The number of hydrogen-bond acceptors (Lipinski definition) is 1. The van der Waals surface area contributed by atoms with Crippen molar-refractivity contribution in [1.29, 1.82) is 0 Å². The van der Waals surface area contributed by atoms with Gasteiger partial charge in [0, 0.05) is 16.5 Å². The summed E-state index contributed by atoms with van der Waals surface area (Å²) in [6, 6.07) is 38.8. The Kier molecular flexibility index (Phi) is 4.19. The second kappa shape index (κ2) is 7.10. The summed E-state index contributed by atoms with van der Waals surface area (Å²) in [5.41, 5.74) is 7.23. The Labute approximate surface area is 188 Å². The van der Waals surface area contributed by atoms with Crippen molar-refractivity contribution in [2.75, 3.05) is 0 Å². The fourth-order valence-electron chi connectivity index (χ4n) is 5.06. The zero-order chi connectivity index (χ0) is 21.7. The summed E-state index contributed by atoms with van der Waals surface area (Å²) in [6.07, 6.45) is 0. The SMILES string of the molecule is CC1(C)c2ccccc2Oc2cc(-c3ccccc3-c3cccc4ccccc34)ccc21. The first-order valence-corrected chi connectivity index (χ1v) is 11.1. The van der Waals surface area contributed by atoms with Crippen LogP contribution in [0.4, 0.5) is 0 Å². The van der Waals surface area contributed by atoms with Gasteiger partial charge in [-0.2, -0.15) is 0 Å². The lowest BCUT2D eigenvalue weighted by Gasteiger charge is -2.34. The zero-order valence-electron chi connectivity index (χ0n) is 18.3. The molecule has 1 aliphatic rings. The Morgan fingerprint density at radius 2 is 1.19 bits per heavy atom. The third kappa shape index (κ3) is 2.85. The van der Waals surface area contributed by atoms with E-state index in [0.29, 0.717) is 0 Å². The Bertz CT molecular complexity index is 1470. The van der Waals surface area contributed by atoms with E-state index in [9.17, 15) is 0 Å². The van der Waals surface area contributed by atoms with Gasteiger partial charge in [-0.15, -0.1) is 0 Å². The van der Waals surface area contributed by atoms with Crippen LogP contribution in [0.15, 0.2) is 109 Å². The molecule has 1 heterocycles. The van der Waals surface area contributed by atoms with E-state index in [1.54, 1.807) is 0 Å². The minimum absolute atomic E-state index is 0.0993. The molecule has 0 aromatic heterocycles. The highest BCUT2D eigenvalue weighted by atomic mass is 16.5. The number of benzene rings is 5. The van der Waals surface area contributed by atoms with Crippen LogP contribution in [0.2, 0.25) is 0 Å². The van der Waals surface area contributed by atoms with E-state index in [4.69, 9.17) is 4.74 Å². The maximum Gasteiger partial charge on any atom is 0.132 e. The summed E-state index contributed by atoms with van der Waals surface area (Å²) in [5.74, 6) is 1.89. The monoisotopic (exact) mass is 412 g/mol. The molecular formula is C31H24O. The first kappa shape index (κ1) is 18.9. The van der Waals surface area contributed by atoms with Crippen LogP contribution in [0.1, 0.15) is 25.0 Å². The lowest BCUT2D eigenvalue weighted by molar-refractivity contribution is 0.418. The van der Waals surface area contributed by atoms with Gasteiger partial charge in [0.25, 0.3) is 0 Å². The van der Waals surface area contributed by atoms with Gasteiger partial charge in [0.1, 0.15) is 11.5 Å². The van der Waals surface area contributed by atoms with Crippen LogP contribution in [-0.4, -0.2) is 0 Å². The highest BCUT2D eigenvalue weighted by molar-refractivity contribution is 6.00. The smallest absolute Gasteiger partial charge is 0.132 e. The molecule has 0 saturated heterocycles. The molecule has 0 unspecified atom stereocenters. The van der Waals surface area contributed by atoms with Gasteiger partial charge in [0.15, 0.2) is 0 Å². The minimum atomic E-state index is -0.0993. The van der Waals surface area contributed by atoms with Gasteiger partial charge in [-0.1, -0.05) is 111 Å². The van der Waals surface area contributed by atoms with Gasteiger partial charge in [0.05, 0.1) is 0 Å². The predicted molar refractivity (Wildman–Crippen MR) is 133 cm³/mol. The van der Waals surface area contributed by atoms with E-state index < -0.39 is 0 Å². The standard InChI is InChI=1S/C31H24O/c1-31(2)27-16-7-8-17-29(27)32-30-20-22(18-19-28(30)31)24-13-5-6-14-25(24)26-15-9-11-21-10-3-4-12-23(21)26/h3-20H,1-2H3. The zero-order valence-corrected chi connectivity index (χ0v) is 18.3. The van der Waals surface area contributed by atoms with Crippen LogP contribution < -0.4 is 4.74 Å². The quantitative estimate of drug-likeness (QED) is 0.282. The molecule has 0 bridgehead atoms. The molecule has 32 heavy (non-hydrogen) atoms. The number of rotatable bonds is 2. The summed E-state index contributed by atoms with van der Waals surface area (Å²) in [5, 5.41) is 2.53. The predicted octanol–water partition coefficient (Wildman–Crippen LogP) is 8.61. The highest BCUT2D eigenvalue weighted by Gasteiger charge is 2.34. The summed E-state index contributed by atoms with van der Waals surface area (Å²) >= 11 is 0. The largest absolute Gasteiger partial charge is 0.457 e. The van der Waals surface area contributed by atoms with E-state index >= 15 is 0 Å². The molecular weight excluding hydrogens is 388 g/mol. The lowest BCUT2D eigenvalue weighted by atomic mass is 9.75. The molecule has 1 nitrogen and oxygen atoms in total. The van der Waals surface area contributed by atoms with Crippen LogP contribution >= 0.6 is 0 Å². The van der Waals surface area contributed by atoms with Crippen molar-refractivity contribution in [3.63, 3.8) is 0 Å². The second-order valence-corrected chi connectivity index (χ2v) is 9.01. The molecule has 5 aromatic rings. The molecule has 5 aromatic carbocycles. The van der Waals surface area contributed by atoms with Crippen molar-refractivity contribution in [3.05, 3.63) is 120 Å². The first-order chi connectivity index (χ1) is 15.6. The molecule has 0 radical (unpaired) electrons. The van der Waals surface area contributed by atoms with E-state index in [0.717, 1.165) is 11.5 Å². The fourth-order valence-corrected chi connectivity index (χ4v) is 5.06. The molecule has 0 atom stereocenters. The number of para-hydroxylation sites is 1. The van der Waals surface area contributed by atoms with Crippen LogP contribution in [0.25, 0.3) is 33.0 Å². The molecule has 6 rings (SSSR count). The van der Waals surface area contributed by atoms with E-state index in [2.05, 4.69) is 117 Å². The van der Waals surface area contributed by atoms with Gasteiger partial charge in [-0.05, 0) is 45.2 Å². The molecule has 154 valence electrons. The van der Waals surface area contributed by atoms with E-state index in [-0.39, 0.29) is 5.41 Å². The van der Waals surface area contributed by atoms with Crippen molar-refractivity contribution in [2.45, 2.75) is 19.3 Å². The minimum Gasteiger partial charge on any atom is -0.457 e. The normalized spacial score (nSPS) is 13.8. The molecule has 0 saturated carbocycles. The van der Waals surface area contributed by atoms with E-state index in [1.807, 2.05) is 6.07 Å². The van der Waals surface area contributed by atoms with Gasteiger partial charge >= 0.3 is 0 Å². The maximum atomic E-state index is 6.39. The number of fused-ring (bicyclic) bond motifs is 3. The molecule has 0 amide bonds. The van der Waals surface area contributed by atoms with Gasteiger partial charge in [-0.25, -0.2) is 0 Å². The van der Waals surface area contributed by atoms with Crippen molar-refractivity contribution >= 4 is 10.8 Å². The molecule has 0 N–H and O–H groups in total. The van der Waals surface area contributed by atoms with Crippen molar-refractivity contribution in [2.24, 2.45) is 0 Å². The summed E-state index contributed by atoms with van der Waals surface area (Å²) in [4.78, 5) is 0. The number of hydrogen-bond donors (Lipinski definition) is 0. The average molecular weight is 413 g/mol. The highest BCUT2D eigenvalue weighted by Crippen LogP contribution is 2.49. The molecule has 0 spiro atoms. The summed E-state index contributed by atoms with van der Waals surface area (Å²) < 4.78 is 6.39. The fraction of sp³-hybridized carbons (Fsp3) is 0.0968. The van der Waals surface area contributed by atoms with Crippen LogP contribution in [0.5, 0.6) is 11.5 Å². The van der Waals surface area contributed by atoms with Crippen molar-refractivity contribution in [1.82, 2.24) is 0 Å². The lowest BCUT2D eigenvalue weighted by Crippen LogP contribution is -2.24. The summed E-state index contributed by atoms with van der Waals surface area (Å²) in [6.45, 7) is 4.55. The van der Waals surface area contributed by atoms with Crippen LogP contribution in [0, 0.1) is 0 Å². The van der Waals surface area contributed by atoms with Crippen molar-refractivity contribution in [3.8, 4) is 33.8 Å². The molecule has 0 fully saturated rings. The molecule has 1 heteroatoms. The Hall–Kier alpha value is -3.84. The first-order valence-electron chi connectivity index (χ1n) is 11.1. The van der Waals surface area contributed by atoms with Gasteiger partial charge in [-0.3, -0.25) is 0 Å². The Morgan fingerprint density at radius 3 is 2.09 bits per heavy atom. The molecule has 1 aliphatic heterocycles.